The second-order valence-electron chi connectivity index (χ2n) is 4.37. The van der Waals surface area contributed by atoms with Gasteiger partial charge in [-0.15, -0.1) is 11.3 Å². The lowest BCUT2D eigenvalue weighted by Gasteiger charge is -2.08. The molecule has 2 aromatic heterocycles. The van der Waals surface area contributed by atoms with Crippen molar-refractivity contribution < 1.29 is 18.0 Å². The predicted octanol–water partition coefficient (Wildman–Crippen LogP) is 4.71. The Bertz CT molecular complexity index is 818. The molecule has 1 aromatic carbocycles. The van der Waals surface area contributed by atoms with Gasteiger partial charge in [-0.1, -0.05) is 18.2 Å². The highest BCUT2D eigenvalue weighted by atomic mass is 32.1. The van der Waals surface area contributed by atoms with Crippen LogP contribution in [-0.4, -0.2) is 16.9 Å². The normalized spacial score (nSPS) is 11.8. The highest BCUT2D eigenvalue weighted by molar-refractivity contribution is 7.12. The van der Waals surface area contributed by atoms with E-state index >= 15 is 0 Å². The summed E-state index contributed by atoms with van der Waals surface area (Å²) in [6.45, 7) is 0. The Kier molecular flexibility index (Phi) is 3.25. The molecule has 0 N–H and O–H groups in total. The van der Waals surface area contributed by atoms with Crippen LogP contribution in [0.4, 0.5) is 13.2 Å². The van der Waals surface area contributed by atoms with Crippen LogP contribution in [0, 0.1) is 0 Å². The van der Waals surface area contributed by atoms with Crippen LogP contribution in [0.25, 0.3) is 22.0 Å². The zero-order chi connectivity index (χ0) is 15.0. The summed E-state index contributed by atoms with van der Waals surface area (Å²) in [7, 11) is 0. The number of hydrogen-bond acceptors (Lipinski definition) is 3. The summed E-state index contributed by atoms with van der Waals surface area (Å²) in [5.74, 6) is -1.81. The summed E-state index contributed by atoms with van der Waals surface area (Å²) in [6, 6.07) is 10.2. The summed E-state index contributed by atoms with van der Waals surface area (Å²) in [6.07, 6.45) is -3.26. The Morgan fingerprint density at radius 2 is 1.86 bits per heavy atom. The van der Waals surface area contributed by atoms with Crippen LogP contribution in [0.5, 0.6) is 0 Å². The Morgan fingerprint density at radius 3 is 2.62 bits per heavy atom. The average molecular weight is 307 g/mol. The molecule has 2 nitrogen and oxygen atoms in total. The fourth-order valence-electron chi connectivity index (χ4n) is 2.16. The van der Waals surface area contributed by atoms with E-state index in [1.54, 1.807) is 36.5 Å². The van der Waals surface area contributed by atoms with Crippen LogP contribution >= 0.6 is 11.3 Å². The summed E-state index contributed by atoms with van der Waals surface area (Å²) >= 11 is 0.798. The first-order valence-corrected chi connectivity index (χ1v) is 6.89. The minimum absolute atomic E-state index is 0.293. The number of Topliss-reactive ketones (excluding diaryl/α,β-unsaturated/α-hetero) is 1. The number of pyridine rings is 1. The summed E-state index contributed by atoms with van der Waals surface area (Å²) in [5.41, 5.74) is 1.54. The van der Waals surface area contributed by atoms with E-state index in [0.29, 0.717) is 16.6 Å². The van der Waals surface area contributed by atoms with Gasteiger partial charge in [-0.25, -0.2) is 0 Å². The lowest BCUT2D eigenvalue weighted by atomic mass is 10.00. The molecule has 0 saturated carbocycles. The predicted molar refractivity (Wildman–Crippen MR) is 75.4 cm³/mol. The van der Waals surface area contributed by atoms with Crippen molar-refractivity contribution >= 4 is 28.0 Å². The number of carbonyl (C=O) groups is 1. The van der Waals surface area contributed by atoms with Gasteiger partial charge in [-0.2, -0.15) is 13.2 Å². The largest absolute Gasteiger partial charge is 0.455 e. The Hall–Kier alpha value is -2.21. The van der Waals surface area contributed by atoms with E-state index in [1.807, 2.05) is 0 Å². The summed E-state index contributed by atoms with van der Waals surface area (Å²) in [4.78, 5) is 15.4. The number of carbonyl (C=O) groups excluding carboxylic acids is 1. The summed E-state index contributed by atoms with van der Waals surface area (Å²) in [5, 5.41) is 2.21. The van der Waals surface area contributed by atoms with Crippen LogP contribution in [0.2, 0.25) is 0 Å². The monoisotopic (exact) mass is 307 g/mol. The van der Waals surface area contributed by atoms with Crippen molar-refractivity contribution in [3.05, 3.63) is 52.9 Å². The number of fused-ring (bicyclic) bond motifs is 1. The molecular weight excluding hydrogens is 299 g/mol. The van der Waals surface area contributed by atoms with Crippen LogP contribution in [0.3, 0.4) is 0 Å². The van der Waals surface area contributed by atoms with Crippen LogP contribution < -0.4 is 0 Å². The van der Waals surface area contributed by atoms with E-state index in [0.717, 1.165) is 16.7 Å². The van der Waals surface area contributed by atoms with Gasteiger partial charge in [-0.3, -0.25) is 9.78 Å². The highest BCUT2D eigenvalue weighted by Gasteiger charge is 2.41. The molecule has 106 valence electrons. The van der Waals surface area contributed by atoms with Crippen molar-refractivity contribution in [2.75, 3.05) is 0 Å². The molecule has 0 saturated heterocycles. The van der Waals surface area contributed by atoms with Gasteiger partial charge in [0.1, 0.15) is 0 Å². The SMILES string of the molecule is O=C(c1sccc1-c1cccc2ncccc12)C(F)(F)F. The lowest BCUT2D eigenvalue weighted by Crippen LogP contribution is -2.22. The smallest absolute Gasteiger partial charge is 0.283 e. The van der Waals surface area contributed by atoms with E-state index in [2.05, 4.69) is 4.98 Å². The van der Waals surface area contributed by atoms with Crippen molar-refractivity contribution in [2.45, 2.75) is 6.18 Å². The number of aromatic nitrogens is 1. The molecule has 3 rings (SSSR count). The van der Waals surface area contributed by atoms with Crippen molar-refractivity contribution in [2.24, 2.45) is 0 Å². The van der Waals surface area contributed by atoms with E-state index in [1.165, 1.54) is 11.4 Å². The van der Waals surface area contributed by atoms with Crippen LogP contribution in [0.1, 0.15) is 9.67 Å². The highest BCUT2D eigenvalue weighted by Crippen LogP contribution is 2.36. The van der Waals surface area contributed by atoms with Gasteiger partial charge in [0, 0.05) is 17.1 Å². The second-order valence-corrected chi connectivity index (χ2v) is 5.28. The molecule has 0 aliphatic heterocycles. The molecule has 0 atom stereocenters. The third kappa shape index (κ3) is 2.42. The first-order chi connectivity index (χ1) is 9.98. The molecular formula is C15H8F3NOS. The topological polar surface area (TPSA) is 30.0 Å². The number of halogens is 3. The third-order valence-electron chi connectivity index (χ3n) is 3.06. The number of nitrogens with zero attached hydrogens (tertiary/aromatic N) is 1. The third-order valence-corrected chi connectivity index (χ3v) is 3.98. The summed E-state index contributed by atoms with van der Waals surface area (Å²) < 4.78 is 38.0. The molecule has 21 heavy (non-hydrogen) atoms. The van der Waals surface area contributed by atoms with E-state index in [4.69, 9.17) is 0 Å². The minimum atomic E-state index is -4.87. The van der Waals surface area contributed by atoms with Gasteiger partial charge < -0.3 is 0 Å². The maximum absolute atomic E-state index is 12.7. The van der Waals surface area contributed by atoms with Gasteiger partial charge in [0.2, 0.25) is 0 Å². The number of ketones is 1. The molecule has 0 amide bonds. The molecule has 0 aliphatic carbocycles. The van der Waals surface area contributed by atoms with E-state index < -0.39 is 12.0 Å². The van der Waals surface area contributed by atoms with E-state index in [-0.39, 0.29) is 4.88 Å². The number of thiophene rings is 1. The first-order valence-electron chi connectivity index (χ1n) is 6.01. The first kappa shape index (κ1) is 13.8. The van der Waals surface area contributed by atoms with Gasteiger partial charge in [0.15, 0.2) is 0 Å². The Balaban J connectivity index is 2.22. The van der Waals surface area contributed by atoms with Gasteiger partial charge in [0.25, 0.3) is 5.78 Å². The molecule has 0 radical (unpaired) electrons. The number of rotatable bonds is 2. The van der Waals surface area contributed by atoms with Crippen LogP contribution in [0.15, 0.2) is 48.0 Å². The molecule has 0 spiro atoms. The van der Waals surface area contributed by atoms with Crippen molar-refractivity contribution in [3.8, 4) is 11.1 Å². The lowest BCUT2D eigenvalue weighted by molar-refractivity contribution is -0.0882. The quantitative estimate of drug-likeness (QED) is 0.642. The Morgan fingerprint density at radius 1 is 1.05 bits per heavy atom. The van der Waals surface area contributed by atoms with E-state index in [9.17, 15) is 18.0 Å². The maximum Gasteiger partial charge on any atom is 0.455 e. The fourth-order valence-corrected chi connectivity index (χ4v) is 3.03. The van der Waals surface area contributed by atoms with Gasteiger partial charge in [0.05, 0.1) is 10.4 Å². The average Bonchev–Trinajstić information content (AvgIpc) is 2.93. The van der Waals surface area contributed by atoms with Crippen molar-refractivity contribution in [3.63, 3.8) is 0 Å². The van der Waals surface area contributed by atoms with Gasteiger partial charge >= 0.3 is 6.18 Å². The molecule has 0 unspecified atom stereocenters. The number of alkyl halides is 3. The zero-order valence-corrected chi connectivity index (χ0v) is 11.3. The maximum atomic E-state index is 12.7. The molecule has 0 bridgehead atoms. The fraction of sp³-hybridized carbons (Fsp3) is 0.0667. The molecule has 6 heteroatoms. The standard InChI is InChI=1S/C15H8F3NOS/c16-15(17,18)14(20)13-11(6-8-21-13)9-3-1-5-12-10(9)4-2-7-19-12/h1-8H. The zero-order valence-electron chi connectivity index (χ0n) is 10.5. The molecule has 0 fully saturated rings. The Labute approximate surface area is 121 Å². The number of hydrogen-bond donors (Lipinski definition) is 0. The van der Waals surface area contributed by atoms with Gasteiger partial charge in [-0.05, 0) is 29.1 Å². The van der Waals surface area contributed by atoms with Crippen molar-refractivity contribution in [1.82, 2.24) is 4.98 Å². The molecule has 3 aromatic rings. The number of benzene rings is 1. The minimum Gasteiger partial charge on any atom is -0.283 e. The van der Waals surface area contributed by atoms with Crippen LogP contribution in [-0.2, 0) is 0 Å². The molecule has 0 aliphatic rings. The molecule has 2 heterocycles. The second kappa shape index (κ2) is 4.96. The van der Waals surface area contributed by atoms with Crippen molar-refractivity contribution in [1.29, 1.82) is 0 Å².